The summed E-state index contributed by atoms with van der Waals surface area (Å²) in [4.78, 5) is 2.77. The summed E-state index contributed by atoms with van der Waals surface area (Å²) in [6.45, 7) is 0.330. The Morgan fingerprint density at radius 2 is 2.22 bits per heavy atom. The van der Waals surface area contributed by atoms with E-state index in [1.165, 1.54) is 0 Å². The smallest absolute Gasteiger partial charge is 0.192 e. The van der Waals surface area contributed by atoms with Crippen LogP contribution < -0.4 is 5.32 Å². The van der Waals surface area contributed by atoms with Crippen molar-refractivity contribution in [3.05, 3.63) is 37.7 Å². The number of aliphatic hydroxyl groups excluding tert-OH is 1. The molecule has 4 N–H and O–H groups in total. The van der Waals surface area contributed by atoms with Gasteiger partial charge in [0.2, 0.25) is 0 Å². The van der Waals surface area contributed by atoms with Crippen LogP contribution in [0.5, 0.6) is 0 Å². The van der Waals surface area contributed by atoms with Crippen LogP contribution in [0.4, 0.5) is 5.69 Å². The van der Waals surface area contributed by atoms with Crippen molar-refractivity contribution < 1.29 is 5.11 Å². The molecule has 0 aliphatic rings. The van der Waals surface area contributed by atoms with E-state index < -0.39 is 6.10 Å². The molecule has 0 saturated carbocycles. The molecule has 1 unspecified atom stereocenters. The molecule has 0 aliphatic carbocycles. The molecule has 1 atom stereocenters. The van der Waals surface area contributed by atoms with Gasteiger partial charge in [0.15, 0.2) is 10.6 Å². The lowest BCUT2D eigenvalue weighted by molar-refractivity contribution is 0.182. The van der Waals surface area contributed by atoms with Gasteiger partial charge in [-0.15, -0.1) is 0 Å². The maximum Gasteiger partial charge on any atom is 0.192 e. The number of hydrogen-bond acceptors (Lipinski definition) is 4. The van der Waals surface area contributed by atoms with Crippen molar-refractivity contribution in [2.75, 3.05) is 11.9 Å². The van der Waals surface area contributed by atoms with Crippen molar-refractivity contribution in [1.29, 1.82) is 0 Å². The molecule has 1 heterocycles. The number of hydrogen-bond donors (Lipinski definition) is 4. The molecule has 96 valence electrons. The van der Waals surface area contributed by atoms with Crippen molar-refractivity contribution >= 4 is 49.8 Å². The van der Waals surface area contributed by atoms with E-state index in [1.54, 1.807) is 0 Å². The SMILES string of the molecule is OC(CNc1ccc(Br)cc1Br)c1n[nH]c(=S)[nH]1. The fourth-order valence-corrected chi connectivity index (χ4v) is 2.71. The Morgan fingerprint density at radius 3 is 2.83 bits per heavy atom. The molecule has 2 aromatic rings. The van der Waals surface area contributed by atoms with E-state index in [9.17, 15) is 5.11 Å². The van der Waals surface area contributed by atoms with Gasteiger partial charge in [0.05, 0.1) is 0 Å². The molecule has 5 nitrogen and oxygen atoms in total. The molecular formula is C10H10Br2N4OS. The molecule has 0 spiro atoms. The third-order valence-electron chi connectivity index (χ3n) is 2.25. The Morgan fingerprint density at radius 1 is 1.44 bits per heavy atom. The van der Waals surface area contributed by atoms with Gasteiger partial charge in [-0.3, -0.25) is 5.10 Å². The summed E-state index contributed by atoms with van der Waals surface area (Å²) in [6, 6.07) is 5.76. The van der Waals surface area contributed by atoms with Gasteiger partial charge in [-0.1, -0.05) is 15.9 Å². The van der Waals surface area contributed by atoms with E-state index in [4.69, 9.17) is 12.2 Å². The molecular weight excluding hydrogens is 384 g/mol. The van der Waals surface area contributed by atoms with E-state index in [0.29, 0.717) is 17.1 Å². The normalized spacial score (nSPS) is 12.4. The van der Waals surface area contributed by atoms with Gasteiger partial charge in [0.1, 0.15) is 6.10 Å². The van der Waals surface area contributed by atoms with Crippen molar-refractivity contribution in [3.8, 4) is 0 Å². The van der Waals surface area contributed by atoms with Gasteiger partial charge in [0, 0.05) is 21.2 Å². The molecule has 0 amide bonds. The van der Waals surface area contributed by atoms with E-state index >= 15 is 0 Å². The second-order valence-corrected chi connectivity index (χ2v) is 5.76. The van der Waals surface area contributed by atoms with E-state index in [0.717, 1.165) is 14.6 Å². The van der Waals surface area contributed by atoms with Crippen LogP contribution in [0.15, 0.2) is 27.1 Å². The summed E-state index contributed by atoms with van der Waals surface area (Å²) < 4.78 is 2.30. The number of aliphatic hydroxyl groups is 1. The highest BCUT2D eigenvalue weighted by Crippen LogP contribution is 2.26. The van der Waals surface area contributed by atoms with Crippen molar-refractivity contribution in [1.82, 2.24) is 15.2 Å². The van der Waals surface area contributed by atoms with Crippen LogP contribution in [0.2, 0.25) is 0 Å². The zero-order valence-corrected chi connectivity index (χ0v) is 13.1. The predicted octanol–water partition coefficient (Wildman–Crippen LogP) is 3.14. The molecule has 18 heavy (non-hydrogen) atoms. The maximum absolute atomic E-state index is 9.89. The molecule has 1 aromatic carbocycles. The molecule has 0 saturated heterocycles. The lowest BCUT2D eigenvalue weighted by atomic mass is 10.3. The van der Waals surface area contributed by atoms with Crippen LogP contribution in [0.1, 0.15) is 11.9 Å². The van der Waals surface area contributed by atoms with Crippen LogP contribution >= 0.6 is 44.1 Å². The maximum atomic E-state index is 9.89. The highest BCUT2D eigenvalue weighted by Gasteiger charge is 2.11. The largest absolute Gasteiger partial charge is 0.383 e. The van der Waals surface area contributed by atoms with Gasteiger partial charge in [0.25, 0.3) is 0 Å². The van der Waals surface area contributed by atoms with Gasteiger partial charge in [-0.25, -0.2) is 0 Å². The molecule has 0 radical (unpaired) electrons. The molecule has 2 rings (SSSR count). The Balaban J connectivity index is 2.01. The van der Waals surface area contributed by atoms with Crippen LogP contribution in [0.25, 0.3) is 0 Å². The minimum Gasteiger partial charge on any atom is -0.383 e. The predicted molar refractivity (Wildman–Crippen MR) is 79.1 cm³/mol. The number of rotatable bonds is 4. The number of nitrogens with zero attached hydrogens (tertiary/aromatic N) is 1. The Bertz CT molecular complexity index is 598. The van der Waals surface area contributed by atoms with Gasteiger partial charge in [-0.2, -0.15) is 5.10 Å². The second kappa shape index (κ2) is 5.96. The minimum absolute atomic E-state index is 0.330. The number of nitrogens with one attached hydrogen (secondary N) is 3. The van der Waals surface area contributed by atoms with Crippen LogP contribution in [-0.4, -0.2) is 26.8 Å². The zero-order valence-electron chi connectivity index (χ0n) is 9.08. The summed E-state index contributed by atoms with van der Waals surface area (Å²) in [5, 5.41) is 19.5. The summed E-state index contributed by atoms with van der Waals surface area (Å²) in [5.41, 5.74) is 0.895. The van der Waals surface area contributed by atoms with E-state index in [1.807, 2.05) is 18.2 Å². The number of benzene rings is 1. The third-order valence-corrected chi connectivity index (χ3v) is 3.59. The highest BCUT2D eigenvalue weighted by atomic mass is 79.9. The number of anilines is 1. The Kier molecular flexibility index (Phi) is 4.55. The summed E-state index contributed by atoms with van der Waals surface area (Å²) in [7, 11) is 0. The monoisotopic (exact) mass is 392 g/mol. The fourth-order valence-electron chi connectivity index (χ4n) is 1.38. The average molecular weight is 394 g/mol. The van der Waals surface area contributed by atoms with Crippen molar-refractivity contribution in [2.45, 2.75) is 6.10 Å². The third kappa shape index (κ3) is 3.41. The van der Waals surface area contributed by atoms with Gasteiger partial charge in [-0.05, 0) is 46.3 Å². The van der Waals surface area contributed by atoms with Crippen LogP contribution in [0.3, 0.4) is 0 Å². The summed E-state index contributed by atoms with van der Waals surface area (Å²) >= 11 is 11.7. The molecule has 0 bridgehead atoms. The van der Waals surface area contributed by atoms with Crippen molar-refractivity contribution in [3.63, 3.8) is 0 Å². The van der Waals surface area contributed by atoms with E-state index in [-0.39, 0.29) is 0 Å². The fraction of sp³-hybridized carbons (Fsp3) is 0.200. The highest BCUT2D eigenvalue weighted by molar-refractivity contribution is 9.11. The standard InChI is InChI=1S/C10H10Br2N4OS/c11-5-1-2-7(6(12)3-5)13-4-8(17)9-14-10(18)16-15-9/h1-3,8,13,17H,4H2,(H2,14,15,16,18). The second-order valence-electron chi connectivity index (χ2n) is 3.58. The first-order valence-electron chi connectivity index (χ1n) is 5.08. The Hall–Kier alpha value is -0.700. The minimum atomic E-state index is -0.756. The topological polar surface area (TPSA) is 76.7 Å². The van der Waals surface area contributed by atoms with Crippen LogP contribution in [-0.2, 0) is 0 Å². The number of aromatic amines is 2. The average Bonchev–Trinajstić information content (AvgIpc) is 2.74. The van der Waals surface area contributed by atoms with Crippen LogP contribution in [0, 0.1) is 4.77 Å². The van der Waals surface area contributed by atoms with Gasteiger partial charge < -0.3 is 15.4 Å². The van der Waals surface area contributed by atoms with Crippen molar-refractivity contribution in [2.24, 2.45) is 0 Å². The summed E-state index contributed by atoms with van der Waals surface area (Å²) in [5.74, 6) is 0.417. The first kappa shape index (κ1) is 13.7. The lowest BCUT2D eigenvalue weighted by Crippen LogP contribution is -2.13. The first-order valence-corrected chi connectivity index (χ1v) is 7.07. The Labute approximate surface area is 125 Å². The number of aromatic nitrogens is 3. The molecule has 0 fully saturated rings. The molecule has 0 aliphatic heterocycles. The lowest BCUT2D eigenvalue weighted by Gasteiger charge is -2.11. The molecule has 8 heteroatoms. The quantitative estimate of drug-likeness (QED) is 0.602. The number of H-pyrrole nitrogens is 2. The number of halogens is 2. The van der Waals surface area contributed by atoms with Gasteiger partial charge >= 0.3 is 0 Å². The first-order chi connectivity index (χ1) is 8.56. The molecule has 1 aromatic heterocycles. The van der Waals surface area contributed by atoms with E-state index in [2.05, 4.69) is 52.4 Å². The summed E-state index contributed by atoms with van der Waals surface area (Å²) in [6.07, 6.45) is -0.756. The zero-order chi connectivity index (χ0) is 13.1.